The van der Waals surface area contributed by atoms with E-state index in [-0.39, 0.29) is 17.8 Å². The van der Waals surface area contributed by atoms with Gasteiger partial charge in [0.25, 0.3) is 0 Å². The summed E-state index contributed by atoms with van der Waals surface area (Å²) < 4.78 is 19.9. The van der Waals surface area contributed by atoms with Crippen LogP contribution in [0.3, 0.4) is 0 Å². The molecule has 7 nitrogen and oxygen atoms in total. The first-order valence-corrected chi connectivity index (χ1v) is 8.92. The maximum absolute atomic E-state index is 13.0. The maximum Gasteiger partial charge on any atom is 0.233 e. The van der Waals surface area contributed by atoms with Crippen molar-refractivity contribution >= 4 is 17.7 Å². The van der Waals surface area contributed by atoms with E-state index in [4.69, 9.17) is 4.42 Å². The minimum atomic E-state index is -0.403. The fourth-order valence-corrected chi connectivity index (χ4v) is 3.11. The number of aromatic nitrogens is 4. The molecule has 0 bridgehead atoms. The summed E-state index contributed by atoms with van der Waals surface area (Å²) in [7, 11) is 0. The highest BCUT2D eigenvalue weighted by atomic mass is 32.2. The number of furan rings is 1. The molecule has 0 saturated carbocycles. The number of carbonyl (C=O) groups is 1. The summed E-state index contributed by atoms with van der Waals surface area (Å²) in [5.74, 6) is 0.264. The van der Waals surface area contributed by atoms with Crippen LogP contribution in [0.1, 0.15) is 31.2 Å². The van der Waals surface area contributed by atoms with Crippen LogP contribution >= 0.6 is 11.8 Å². The van der Waals surface area contributed by atoms with E-state index < -0.39 is 5.25 Å². The number of hydrogen-bond donors (Lipinski definition) is 1. The second kappa shape index (κ2) is 8.13. The van der Waals surface area contributed by atoms with Gasteiger partial charge in [0, 0.05) is 0 Å². The third kappa shape index (κ3) is 4.48. The van der Waals surface area contributed by atoms with Crippen LogP contribution in [0.15, 0.2) is 52.2 Å². The summed E-state index contributed by atoms with van der Waals surface area (Å²) in [5, 5.41) is 14.6. The molecule has 0 aliphatic rings. The molecule has 9 heteroatoms. The minimum absolute atomic E-state index is 0.153. The Bertz CT molecular complexity index is 850. The van der Waals surface area contributed by atoms with Gasteiger partial charge in [0.05, 0.1) is 17.6 Å². The van der Waals surface area contributed by atoms with Gasteiger partial charge < -0.3 is 9.73 Å². The summed E-state index contributed by atoms with van der Waals surface area (Å²) >= 11 is 1.26. The van der Waals surface area contributed by atoms with E-state index in [1.807, 2.05) is 13.0 Å². The second-order valence-electron chi connectivity index (χ2n) is 5.74. The van der Waals surface area contributed by atoms with Crippen LogP contribution in [0.25, 0.3) is 0 Å². The molecule has 0 radical (unpaired) electrons. The zero-order valence-corrected chi connectivity index (χ0v) is 15.1. The Kier molecular flexibility index (Phi) is 5.67. The molecule has 1 amide bonds. The van der Waals surface area contributed by atoms with E-state index in [2.05, 4.69) is 20.8 Å². The molecule has 0 spiro atoms. The number of nitrogens with zero attached hydrogens (tertiary/aromatic N) is 4. The molecular weight excluding hydrogens is 357 g/mol. The Hall–Kier alpha value is -2.68. The number of carbonyl (C=O) groups excluding carboxylic acids is 1. The average molecular weight is 375 g/mol. The van der Waals surface area contributed by atoms with Crippen molar-refractivity contribution in [2.75, 3.05) is 0 Å². The number of amides is 1. The standard InChI is InChI=1S/C17H18FN5O2S/c1-11(13-5-7-14(18)8-6-13)19-16(24)12(2)26-17-20-21-22-23(17)10-15-4-3-9-25-15/h3-9,11-12H,10H2,1-2H3,(H,19,24)/t11-,12-/m1/s1. The zero-order chi connectivity index (χ0) is 18.5. The van der Waals surface area contributed by atoms with Gasteiger partial charge in [-0.05, 0) is 54.1 Å². The predicted molar refractivity (Wildman–Crippen MR) is 93.9 cm³/mol. The Morgan fingerprint density at radius 2 is 2.08 bits per heavy atom. The molecule has 1 aromatic carbocycles. The van der Waals surface area contributed by atoms with Gasteiger partial charge in [-0.2, -0.15) is 0 Å². The minimum Gasteiger partial charge on any atom is -0.467 e. The Balaban J connectivity index is 1.59. The SMILES string of the molecule is C[C@@H](Sc1nnnn1Cc1ccco1)C(=O)N[C@H](C)c1ccc(F)cc1. The van der Waals surface area contributed by atoms with E-state index in [1.54, 1.807) is 36.1 Å². The monoisotopic (exact) mass is 375 g/mol. The molecule has 3 aromatic rings. The Morgan fingerprint density at radius 3 is 2.77 bits per heavy atom. The van der Waals surface area contributed by atoms with Crippen LogP contribution in [-0.4, -0.2) is 31.4 Å². The summed E-state index contributed by atoms with van der Waals surface area (Å²) in [6.45, 7) is 4.02. The summed E-state index contributed by atoms with van der Waals surface area (Å²) in [4.78, 5) is 12.4. The molecule has 0 aliphatic carbocycles. The molecular formula is C17H18FN5O2S. The van der Waals surface area contributed by atoms with E-state index in [1.165, 1.54) is 23.9 Å². The van der Waals surface area contributed by atoms with Crippen LogP contribution < -0.4 is 5.32 Å². The summed E-state index contributed by atoms with van der Waals surface area (Å²) in [6.07, 6.45) is 1.58. The number of benzene rings is 1. The highest BCUT2D eigenvalue weighted by Gasteiger charge is 2.20. The molecule has 2 aromatic heterocycles. The molecule has 2 heterocycles. The van der Waals surface area contributed by atoms with Crippen molar-refractivity contribution in [3.63, 3.8) is 0 Å². The van der Waals surface area contributed by atoms with Crippen LogP contribution in [0, 0.1) is 5.82 Å². The number of rotatable bonds is 7. The topological polar surface area (TPSA) is 85.8 Å². The molecule has 0 fully saturated rings. The highest BCUT2D eigenvalue weighted by Crippen LogP contribution is 2.22. The quantitative estimate of drug-likeness (QED) is 0.639. The molecule has 2 atom stereocenters. The molecule has 0 unspecified atom stereocenters. The van der Waals surface area contributed by atoms with E-state index in [9.17, 15) is 9.18 Å². The van der Waals surface area contributed by atoms with Crippen molar-refractivity contribution in [2.45, 2.75) is 36.8 Å². The zero-order valence-electron chi connectivity index (χ0n) is 14.3. The maximum atomic E-state index is 13.0. The third-order valence-corrected chi connectivity index (χ3v) is 4.84. The molecule has 3 rings (SSSR count). The first kappa shape index (κ1) is 18.1. The first-order valence-electron chi connectivity index (χ1n) is 8.04. The molecule has 136 valence electrons. The van der Waals surface area contributed by atoms with Crippen molar-refractivity contribution in [3.8, 4) is 0 Å². The summed E-state index contributed by atoms with van der Waals surface area (Å²) in [5.41, 5.74) is 0.833. The Morgan fingerprint density at radius 1 is 1.31 bits per heavy atom. The van der Waals surface area contributed by atoms with Gasteiger partial charge in [0.1, 0.15) is 18.1 Å². The number of tetrazole rings is 1. The normalized spacial score (nSPS) is 13.3. The molecule has 26 heavy (non-hydrogen) atoms. The lowest BCUT2D eigenvalue weighted by Crippen LogP contribution is -2.33. The molecule has 1 N–H and O–H groups in total. The lowest BCUT2D eigenvalue weighted by molar-refractivity contribution is -0.120. The Labute approximate surface area is 154 Å². The third-order valence-electron chi connectivity index (χ3n) is 3.76. The highest BCUT2D eigenvalue weighted by molar-refractivity contribution is 8.00. The predicted octanol–water partition coefficient (Wildman–Crippen LogP) is 2.81. The first-order chi connectivity index (χ1) is 12.5. The number of hydrogen-bond acceptors (Lipinski definition) is 6. The van der Waals surface area contributed by atoms with Crippen molar-refractivity contribution in [1.82, 2.24) is 25.5 Å². The van der Waals surface area contributed by atoms with Gasteiger partial charge in [-0.25, -0.2) is 9.07 Å². The second-order valence-corrected chi connectivity index (χ2v) is 7.05. The van der Waals surface area contributed by atoms with Gasteiger partial charge in [-0.15, -0.1) is 5.10 Å². The van der Waals surface area contributed by atoms with Gasteiger partial charge in [0.15, 0.2) is 0 Å². The average Bonchev–Trinajstić information content (AvgIpc) is 3.28. The van der Waals surface area contributed by atoms with Crippen LogP contribution in [0.2, 0.25) is 0 Å². The number of halogens is 1. The van der Waals surface area contributed by atoms with Gasteiger partial charge >= 0.3 is 0 Å². The molecule has 0 saturated heterocycles. The van der Waals surface area contributed by atoms with Crippen molar-refractivity contribution < 1.29 is 13.6 Å². The largest absolute Gasteiger partial charge is 0.467 e. The lowest BCUT2D eigenvalue weighted by atomic mass is 10.1. The van der Waals surface area contributed by atoms with E-state index >= 15 is 0 Å². The van der Waals surface area contributed by atoms with Crippen molar-refractivity contribution in [2.24, 2.45) is 0 Å². The lowest BCUT2D eigenvalue weighted by Gasteiger charge is -2.17. The van der Waals surface area contributed by atoms with Gasteiger partial charge in [0.2, 0.25) is 11.1 Å². The number of thioether (sulfide) groups is 1. The van der Waals surface area contributed by atoms with Gasteiger partial charge in [-0.1, -0.05) is 23.9 Å². The van der Waals surface area contributed by atoms with E-state index in [0.717, 1.165) is 11.3 Å². The fraction of sp³-hybridized carbons (Fsp3) is 0.294. The van der Waals surface area contributed by atoms with E-state index in [0.29, 0.717) is 11.7 Å². The van der Waals surface area contributed by atoms with Crippen molar-refractivity contribution in [3.05, 3.63) is 59.8 Å². The molecule has 0 aliphatic heterocycles. The fourth-order valence-electron chi connectivity index (χ4n) is 2.31. The van der Waals surface area contributed by atoms with Crippen LogP contribution in [0.4, 0.5) is 4.39 Å². The van der Waals surface area contributed by atoms with Crippen LogP contribution in [0.5, 0.6) is 0 Å². The van der Waals surface area contributed by atoms with Crippen LogP contribution in [-0.2, 0) is 11.3 Å². The number of nitrogens with one attached hydrogen (secondary N) is 1. The summed E-state index contributed by atoms with van der Waals surface area (Å²) in [6, 6.07) is 9.45. The van der Waals surface area contributed by atoms with Crippen molar-refractivity contribution in [1.29, 1.82) is 0 Å². The smallest absolute Gasteiger partial charge is 0.233 e. The van der Waals surface area contributed by atoms with Gasteiger partial charge in [-0.3, -0.25) is 4.79 Å².